The van der Waals surface area contributed by atoms with Gasteiger partial charge in [0.25, 0.3) is 5.69 Å². The molecule has 0 radical (unpaired) electrons. The maximum absolute atomic E-state index is 11.3. The average molecular weight is 211 g/mol. The first-order chi connectivity index (χ1) is 7.06. The van der Waals surface area contributed by atoms with E-state index >= 15 is 0 Å². The van der Waals surface area contributed by atoms with E-state index in [1.165, 1.54) is 0 Å². The van der Waals surface area contributed by atoms with Crippen LogP contribution in [0.5, 0.6) is 0 Å². The summed E-state index contributed by atoms with van der Waals surface area (Å²) >= 11 is 0. The first-order valence-corrected chi connectivity index (χ1v) is 4.13. The van der Waals surface area contributed by atoms with E-state index in [1.54, 1.807) is 6.92 Å². The molecule has 0 aromatic carbocycles. The van der Waals surface area contributed by atoms with Crippen molar-refractivity contribution in [3.05, 3.63) is 27.9 Å². The van der Waals surface area contributed by atoms with E-state index in [-0.39, 0.29) is 23.7 Å². The predicted octanol–water partition coefficient (Wildman–Crippen LogP) is 0.749. The topological polar surface area (TPSA) is 108 Å². The summed E-state index contributed by atoms with van der Waals surface area (Å²) in [5.41, 5.74) is 5.00. The summed E-state index contributed by atoms with van der Waals surface area (Å²) in [7, 11) is 0. The molecule has 80 valence electrons. The largest absolute Gasteiger partial charge is 0.462 e. The number of hydrogen-bond donors (Lipinski definition) is 1. The van der Waals surface area contributed by atoms with Gasteiger partial charge < -0.3 is 10.5 Å². The van der Waals surface area contributed by atoms with Crippen LogP contribution in [-0.2, 0) is 4.74 Å². The van der Waals surface area contributed by atoms with E-state index in [0.29, 0.717) is 0 Å². The smallest absolute Gasteiger partial charge is 0.342 e. The summed E-state index contributed by atoms with van der Waals surface area (Å²) in [5, 5.41) is 10.4. The lowest BCUT2D eigenvalue weighted by molar-refractivity contribution is -0.385. The number of nitrogens with two attached hydrogens (primary N) is 1. The van der Waals surface area contributed by atoms with Gasteiger partial charge in [0.2, 0.25) is 0 Å². The van der Waals surface area contributed by atoms with Crippen LogP contribution in [0.15, 0.2) is 12.3 Å². The molecule has 0 spiro atoms. The van der Waals surface area contributed by atoms with E-state index < -0.39 is 10.9 Å². The Kier molecular flexibility index (Phi) is 3.17. The van der Waals surface area contributed by atoms with Gasteiger partial charge in [-0.2, -0.15) is 0 Å². The molecular weight excluding hydrogens is 202 g/mol. The monoisotopic (exact) mass is 211 g/mol. The van der Waals surface area contributed by atoms with Gasteiger partial charge in [-0.25, -0.2) is 9.78 Å². The Hall–Kier alpha value is -2.18. The zero-order valence-electron chi connectivity index (χ0n) is 7.97. The second-order valence-corrected chi connectivity index (χ2v) is 2.60. The van der Waals surface area contributed by atoms with Crippen LogP contribution in [0.1, 0.15) is 17.3 Å². The number of nitro groups is 1. The number of ether oxygens (including phenoxy) is 1. The number of nitrogen functional groups attached to an aromatic ring is 1. The van der Waals surface area contributed by atoms with Gasteiger partial charge in [0.05, 0.1) is 11.5 Å². The molecule has 1 rings (SSSR count). The van der Waals surface area contributed by atoms with Gasteiger partial charge in [0, 0.05) is 6.07 Å². The highest BCUT2D eigenvalue weighted by Gasteiger charge is 2.17. The van der Waals surface area contributed by atoms with Crippen LogP contribution in [0.2, 0.25) is 0 Å². The van der Waals surface area contributed by atoms with Crippen LogP contribution in [-0.4, -0.2) is 22.5 Å². The first kappa shape index (κ1) is 10.9. The van der Waals surface area contributed by atoms with Gasteiger partial charge in [-0.1, -0.05) is 0 Å². The summed E-state index contributed by atoms with van der Waals surface area (Å²) in [5.74, 6) is -0.801. The van der Waals surface area contributed by atoms with E-state index in [9.17, 15) is 14.9 Å². The number of carbonyl (C=O) groups is 1. The summed E-state index contributed by atoms with van der Waals surface area (Å²) in [6, 6.07) is 1.04. The van der Waals surface area contributed by atoms with Crippen LogP contribution in [0.25, 0.3) is 0 Å². The highest BCUT2D eigenvalue weighted by molar-refractivity contribution is 5.94. The quantitative estimate of drug-likeness (QED) is 0.449. The molecule has 0 aliphatic carbocycles. The highest BCUT2D eigenvalue weighted by atomic mass is 16.6. The molecule has 0 unspecified atom stereocenters. The van der Waals surface area contributed by atoms with E-state index in [2.05, 4.69) is 9.72 Å². The molecule has 0 amide bonds. The fraction of sp³-hybridized carbons (Fsp3) is 0.250. The number of pyridine rings is 1. The number of nitrogens with zero attached hydrogens (tertiary/aromatic N) is 2. The molecule has 0 atom stereocenters. The molecule has 0 saturated carbocycles. The second-order valence-electron chi connectivity index (χ2n) is 2.60. The van der Waals surface area contributed by atoms with Crippen molar-refractivity contribution < 1.29 is 14.5 Å². The highest BCUT2D eigenvalue weighted by Crippen LogP contribution is 2.17. The molecule has 1 aromatic heterocycles. The Labute approximate surface area is 85.0 Å². The van der Waals surface area contributed by atoms with Gasteiger partial charge in [-0.05, 0) is 6.92 Å². The predicted molar refractivity (Wildman–Crippen MR) is 51.3 cm³/mol. The van der Waals surface area contributed by atoms with Crippen molar-refractivity contribution in [2.24, 2.45) is 0 Å². The SMILES string of the molecule is CCOC(=O)c1cc([N+](=O)[O-])cnc1N. The van der Waals surface area contributed by atoms with E-state index in [1.807, 2.05) is 0 Å². The van der Waals surface area contributed by atoms with Crippen LogP contribution in [0, 0.1) is 10.1 Å². The number of aromatic nitrogens is 1. The second kappa shape index (κ2) is 4.36. The van der Waals surface area contributed by atoms with Crippen molar-refractivity contribution in [2.45, 2.75) is 6.92 Å². The van der Waals surface area contributed by atoms with Crippen LogP contribution in [0.4, 0.5) is 11.5 Å². The molecule has 7 heteroatoms. The third kappa shape index (κ3) is 2.39. The van der Waals surface area contributed by atoms with E-state index in [4.69, 9.17) is 5.73 Å². The molecule has 2 N–H and O–H groups in total. The molecular formula is C8H9N3O4. The normalized spacial score (nSPS) is 9.67. The Morgan fingerprint density at radius 1 is 1.73 bits per heavy atom. The third-order valence-corrected chi connectivity index (χ3v) is 1.61. The Balaban J connectivity index is 3.10. The standard InChI is InChI=1S/C8H9N3O4/c1-2-15-8(12)6-3-5(11(13)14)4-10-7(6)9/h3-4H,2H2,1H3,(H2,9,10). The number of rotatable bonds is 3. The lowest BCUT2D eigenvalue weighted by atomic mass is 10.2. The summed E-state index contributed by atoms with van der Waals surface area (Å²) in [6.45, 7) is 1.79. The lowest BCUT2D eigenvalue weighted by Crippen LogP contribution is -2.09. The van der Waals surface area contributed by atoms with Crippen molar-refractivity contribution in [3.8, 4) is 0 Å². The van der Waals surface area contributed by atoms with Crippen molar-refractivity contribution >= 4 is 17.5 Å². The lowest BCUT2D eigenvalue weighted by Gasteiger charge is -2.03. The fourth-order valence-electron chi connectivity index (χ4n) is 0.936. The van der Waals surface area contributed by atoms with Crippen LogP contribution >= 0.6 is 0 Å². The molecule has 0 aliphatic rings. The Bertz CT molecular complexity index is 405. The molecule has 1 heterocycles. The molecule has 0 bridgehead atoms. The van der Waals surface area contributed by atoms with Crippen molar-refractivity contribution in [3.63, 3.8) is 0 Å². The summed E-state index contributed by atoms with van der Waals surface area (Å²) in [6.07, 6.45) is 0.984. The number of anilines is 1. The Morgan fingerprint density at radius 3 is 2.93 bits per heavy atom. The zero-order valence-corrected chi connectivity index (χ0v) is 7.97. The molecule has 15 heavy (non-hydrogen) atoms. The minimum atomic E-state index is -0.716. The number of hydrogen-bond acceptors (Lipinski definition) is 6. The van der Waals surface area contributed by atoms with Crippen molar-refractivity contribution in [1.29, 1.82) is 0 Å². The molecule has 7 nitrogen and oxygen atoms in total. The van der Waals surface area contributed by atoms with Gasteiger partial charge in [0.15, 0.2) is 0 Å². The maximum Gasteiger partial charge on any atom is 0.342 e. The Morgan fingerprint density at radius 2 is 2.40 bits per heavy atom. The molecule has 0 fully saturated rings. The molecule has 0 aliphatic heterocycles. The third-order valence-electron chi connectivity index (χ3n) is 1.61. The summed E-state index contributed by atoms with van der Waals surface area (Å²) in [4.78, 5) is 24.6. The molecule has 0 saturated heterocycles. The number of esters is 1. The summed E-state index contributed by atoms with van der Waals surface area (Å²) < 4.78 is 4.66. The van der Waals surface area contributed by atoms with Gasteiger partial charge in [0.1, 0.15) is 17.6 Å². The first-order valence-electron chi connectivity index (χ1n) is 4.13. The van der Waals surface area contributed by atoms with Crippen molar-refractivity contribution in [2.75, 3.05) is 12.3 Å². The van der Waals surface area contributed by atoms with Crippen LogP contribution < -0.4 is 5.73 Å². The van der Waals surface area contributed by atoms with Gasteiger partial charge in [-0.15, -0.1) is 0 Å². The van der Waals surface area contributed by atoms with Gasteiger partial charge in [-0.3, -0.25) is 10.1 Å². The minimum absolute atomic E-state index is 0.0842. The maximum atomic E-state index is 11.3. The van der Waals surface area contributed by atoms with Crippen LogP contribution in [0.3, 0.4) is 0 Å². The zero-order chi connectivity index (χ0) is 11.4. The van der Waals surface area contributed by atoms with Crippen molar-refractivity contribution in [1.82, 2.24) is 4.98 Å². The van der Waals surface area contributed by atoms with Gasteiger partial charge >= 0.3 is 5.97 Å². The average Bonchev–Trinajstić information content (AvgIpc) is 2.18. The van der Waals surface area contributed by atoms with E-state index in [0.717, 1.165) is 12.3 Å². The molecule has 1 aromatic rings. The number of carbonyl (C=O) groups excluding carboxylic acids is 1. The minimum Gasteiger partial charge on any atom is -0.462 e. The fourth-order valence-corrected chi connectivity index (χ4v) is 0.936.